The number of esters is 1. The molecule has 3 aromatic rings. The van der Waals surface area contributed by atoms with Crippen LogP contribution < -0.4 is 10.2 Å². The van der Waals surface area contributed by atoms with Gasteiger partial charge in [-0.05, 0) is 79.3 Å². The Morgan fingerprint density at radius 1 is 1.11 bits per heavy atom. The lowest BCUT2D eigenvalue weighted by Crippen LogP contribution is -2.37. The van der Waals surface area contributed by atoms with Gasteiger partial charge in [0.15, 0.2) is 5.11 Å². The van der Waals surface area contributed by atoms with Gasteiger partial charge in [-0.3, -0.25) is 19.5 Å². The van der Waals surface area contributed by atoms with E-state index in [2.05, 4.69) is 10.3 Å². The number of carbonyl (C=O) groups excluding carboxylic acids is 3. The van der Waals surface area contributed by atoms with Gasteiger partial charge < -0.3 is 15.0 Å². The Balaban J connectivity index is 1.53. The zero-order chi connectivity index (χ0) is 25.7. The average Bonchev–Trinajstić information content (AvgIpc) is 3.09. The Bertz CT molecular complexity index is 1270. The molecule has 1 aliphatic rings. The predicted octanol–water partition coefficient (Wildman–Crippen LogP) is 3.93. The molecule has 8 nitrogen and oxygen atoms in total. The molecule has 1 atom stereocenters. The number of thiocarbonyl (C=S) groups is 1. The zero-order valence-electron chi connectivity index (χ0n) is 19.4. The van der Waals surface area contributed by atoms with Crippen LogP contribution in [0, 0.1) is 5.82 Å². The van der Waals surface area contributed by atoms with E-state index in [0.29, 0.717) is 16.9 Å². The summed E-state index contributed by atoms with van der Waals surface area (Å²) in [5, 5.41) is 2.97. The number of aromatic nitrogens is 1. The number of hydrogen-bond acceptors (Lipinski definition) is 6. The molecule has 1 fully saturated rings. The molecule has 10 heteroatoms. The number of benzene rings is 2. The first-order valence-electron chi connectivity index (χ1n) is 11.2. The Kier molecular flexibility index (Phi) is 7.65. The monoisotopic (exact) mass is 506 g/mol. The van der Waals surface area contributed by atoms with Crippen molar-refractivity contribution in [1.82, 2.24) is 9.88 Å². The van der Waals surface area contributed by atoms with Crippen LogP contribution in [0.5, 0.6) is 0 Å². The Morgan fingerprint density at radius 2 is 1.83 bits per heavy atom. The van der Waals surface area contributed by atoms with Crippen molar-refractivity contribution in [1.29, 1.82) is 0 Å². The van der Waals surface area contributed by atoms with Crippen LogP contribution in [0.1, 0.15) is 29.3 Å². The molecule has 0 bridgehead atoms. The van der Waals surface area contributed by atoms with Gasteiger partial charge in [-0.15, -0.1) is 0 Å². The smallest absolute Gasteiger partial charge is 0.338 e. The lowest BCUT2D eigenvalue weighted by atomic mass is 10.1. The highest BCUT2D eigenvalue weighted by molar-refractivity contribution is 7.80. The van der Waals surface area contributed by atoms with Crippen LogP contribution in [0.3, 0.4) is 0 Å². The minimum absolute atomic E-state index is 0.170. The third-order valence-corrected chi connectivity index (χ3v) is 5.95. The number of pyridine rings is 1. The normalized spacial score (nSPS) is 15.2. The average molecular weight is 507 g/mol. The molecule has 0 spiro atoms. The van der Waals surface area contributed by atoms with E-state index in [0.717, 1.165) is 5.56 Å². The fraction of sp³-hybridized carbons (Fsp3) is 0.192. The first-order valence-corrected chi connectivity index (χ1v) is 11.6. The van der Waals surface area contributed by atoms with Gasteiger partial charge in [-0.2, -0.15) is 0 Å². The summed E-state index contributed by atoms with van der Waals surface area (Å²) in [6.45, 7) is 2.25. The van der Waals surface area contributed by atoms with Gasteiger partial charge in [0.25, 0.3) is 5.91 Å². The second-order valence-corrected chi connectivity index (χ2v) is 8.35. The lowest BCUT2D eigenvalue weighted by molar-refractivity contribution is -0.124. The number of hydrogen-bond donors (Lipinski definition) is 1. The van der Waals surface area contributed by atoms with Crippen molar-refractivity contribution in [2.24, 2.45) is 0 Å². The van der Waals surface area contributed by atoms with E-state index in [9.17, 15) is 18.8 Å². The Morgan fingerprint density at radius 3 is 2.47 bits per heavy atom. The van der Waals surface area contributed by atoms with Crippen LogP contribution >= 0.6 is 12.2 Å². The molecule has 1 saturated heterocycles. The van der Waals surface area contributed by atoms with Crippen molar-refractivity contribution in [3.63, 3.8) is 0 Å². The van der Waals surface area contributed by atoms with E-state index in [1.54, 1.807) is 54.5 Å². The minimum atomic E-state index is -0.874. The molecule has 0 unspecified atom stereocenters. The van der Waals surface area contributed by atoms with Crippen molar-refractivity contribution in [3.05, 3.63) is 90.0 Å². The van der Waals surface area contributed by atoms with Gasteiger partial charge in [-0.25, -0.2) is 9.18 Å². The molecule has 1 aromatic heterocycles. The van der Waals surface area contributed by atoms with Crippen LogP contribution in [-0.4, -0.2) is 45.4 Å². The van der Waals surface area contributed by atoms with E-state index in [-0.39, 0.29) is 30.6 Å². The van der Waals surface area contributed by atoms with Crippen LogP contribution in [-0.2, 0) is 20.9 Å². The van der Waals surface area contributed by atoms with Crippen LogP contribution in [0.25, 0.3) is 0 Å². The van der Waals surface area contributed by atoms with Crippen molar-refractivity contribution in [3.8, 4) is 0 Å². The number of rotatable bonds is 8. The summed E-state index contributed by atoms with van der Waals surface area (Å²) in [5.74, 6) is -1.68. The molecule has 0 radical (unpaired) electrons. The lowest BCUT2D eigenvalue weighted by Gasteiger charge is -2.23. The molecule has 0 saturated carbocycles. The summed E-state index contributed by atoms with van der Waals surface area (Å²) in [5.41, 5.74) is 2.06. The molecular weight excluding hydrogens is 483 g/mol. The summed E-state index contributed by atoms with van der Waals surface area (Å²) in [6, 6.07) is 14.5. The third-order valence-electron chi connectivity index (χ3n) is 5.54. The van der Waals surface area contributed by atoms with E-state index in [1.807, 2.05) is 6.07 Å². The second kappa shape index (κ2) is 11.0. The number of ether oxygens (including phenoxy) is 1. The number of halogens is 1. The molecule has 2 aromatic carbocycles. The molecule has 184 valence electrons. The quantitative estimate of drug-likeness (QED) is 0.366. The molecule has 2 heterocycles. The van der Waals surface area contributed by atoms with Gasteiger partial charge in [0.2, 0.25) is 5.91 Å². The second-order valence-electron chi connectivity index (χ2n) is 7.99. The predicted molar refractivity (Wildman–Crippen MR) is 136 cm³/mol. The van der Waals surface area contributed by atoms with Crippen molar-refractivity contribution in [2.75, 3.05) is 16.8 Å². The maximum absolute atomic E-state index is 13.5. The number of nitrogens with one attached hydrogen (secondary N) is 1. The van der Waals surface area contributed by atoms with Crippen molar-refractivity contribution < 1.29 is 23.5 Å². The molecule has 2 amide bonds. The van der Waals surface area contributed by atoms with E-state index >= 15 is 0 Å². The molecule has 1 aliphatic heterocycles. The standard InChI is InChI=1S/C26H23FN4O4S/c1-2-35-25(34)18-5-9-20(10-6-18)29-23(32)14-22-24(33)31(21-11-7-19(27)8-12-21)26(36)30(22)16-17-4-3-13-28-15-17/h3-13,15,22H,2,14,16H2,1H3,(H,29,32)/t22-/m0/s1. The summed E-state index contributed by atoms with van der Waals surface area (Å²) < 4.78 is 18.4. The largest absolute Gasteiger partial charge is 0.462 e. The fourth-order valence-electron chi connectivity index (χ4n) is 3.82. The van der Waals surface area contributed by atoms with Gasteiger partial charge in [0, 0.05) is 24.6 Å². The van der Waals surface area contributed by atoms with Crippen LogP contribution in [0.15, 0.2) is 73.1 Å². The van der Waals surface area contributed by atoms with Gasteiger partial charge >= 0.3 is 5.97 Å². The molecule has 4 rings (SSSR count). The SMILES string of the molecule is CCOC(=O)c1ccc(NC(=O)C[C@H]2C(=O)N(c3ccc(F)cc3)C(=S)N2Cc2cccnc2)cc1. The first-order chi connectivity index (χ1) is 17.4. The molecule has 0 aliphatic carbocycles. The van der Waals surface area contributed by atoms with Gasteiger partial charge in [-0.1, -0.05) is 6.07 Å². The van der Waals surface area contributed by atoms with Crippen molar-refractivity contribution in [2.45, 2.75) is 25.9 Å². The third kappa shape index (κ3) is 5.55. The fourth-order valence-corrected chi connectivity index (χ4v) is 4.21. The van der Waals surface area contributed by atoms with E-state index in [1.165, 1.54) is 29.2 Å². The Labute approximate surface area is 212 Å². The highest BCUT2D eigenvalue weighted by Crippen LogP contribution is 2.29. The van der Waals surface area contributed by atoms with Crippen LogP contribution in [0.2, 0.25) is 0 Å². The molecule has 36 heavy (non-hydrogen) atoms. The van der Waals surface area contributed by atoms with Gasteiger partial charge in [0.05, 0.1) is 24.3 Å². The molecular formula is C26H23FN4O4S. The summed E-state index contributed by atoms with van der Waals surface area (Å²) in [7, 11) is 0. The summed E-state index contributed by atoms with van der Waals surface area (Å²) >= 11 is 5.61. The Hall–Kier alpha value is -4.18. The number of amides is 2. The zero-order valence-corrected chi connectivity index (χ0v) is 20.2. The highest BCUT2D eigenvalue weighted by Gasteiger charge is 2.44. The minimum Gasteiger partial charge on any atom is -0.462 e. The van der Waals surface area contributed by atoms with Gasteiger partial charge in [0.1, 0.15) is 11.9 Å². The van der Waals surface area contributed by atoms with Crippen molar-refractivity contribution >= 4 is 46.5 Å². The van der Waals surface area contributed by atoms with E-state index in [4.69, 9.17) is 17.0 Å². The topological polar surface area (TPSA) is 91.8 Å². The highest BCUT2D eigenvalue weighted by atomic mass is 32.1. The van der Waals surface area contributed by atoms with Crippen LogP contribution in [0.4, 0.5) is 15.8 Å². The maximum atomic E-state index is 13.5. The number of anilines is 2. The first kappa shape index (κ1) is 24.9. The maximum Gasteiger partial charge on any atom is 0.338 e. The summed E-state index contributed by atoms with van der Waals surface area (Å²) in [6.07, 6.45) is 3.13. The number of carbonyl (C=O) groups is 3. The van der Waals surface area contributed by atoms with E-state index < -0.39 is 23.7 Å². The summed E-state index contributed by atoms with van der Waals surface area (Å²) in [4.78, 5) is 45.3. The number of nitrogens with zero attached hydrogens (tertiary/aromatic N) is 3. The molecule has 1 N–H and O–H groups in total.